The summed E-state index contributed by atoms with van der Waals surface area (Å²) >= 11 is 0. The van der Waals surface area contributed by atoms with E-state index in [9.17, 15) is 9.59 Å². The van der Waals surface area contributed by atoms with Gasteiger partial charge in [0.1, 0.15) is 11.6 Å². The normalized spacial score (nSPS) is 16.0. The maximum Gasteiger partial charge on any atom is 0.281 e. The number of likely N-dealkylation sites (tertiary alicyclic amines) is 1. The predicted octanol–water partition coefficient (Wildman–Crippen LogP) is 2.66. The second-order valence-corrected chi connectivity index (χ2v) is 8.64. The average Bonchev–Trinajstić information content (AvgIpc) is 3.28. The Kier molecular flexibility index (Phi) is 6.07. The number of aromatic nitrogens is 5. The van der Waals surface area contributed by atoms with E-state index in [1.165, 1.54) is 5.56 Å². The zero-order valence-corrected chi connectivity index (χ0v) is 19.0. The lowest BCUT2D eigenvalue weighted by Crippen LogP contribution is -2.42. The van der Waals surface area contributed by atoms with Crippen molar-refractivity contribution in [1.82, 2.24) is 29.9 Å². The number of aromatic amines is 1. The van der Waals surface area contributed by atoms with Crippen LogP contribution in [0.15, 0.2) is 59.4 Å². The summed E-state index contributed by atoms with van der Waals surface area (Å²) in [6, 6.07) is 17.4. The van der Waals surface area contributed by atoms with Gasteiger partial charge in [-0.3, -0.25) is 9.59 Å². The van der Waals surface area contributed by atoms with Gasteiger partial charge in [-0.2, -0.15) is 0 Å². The Morgan fingerprint density at radius 2 is 1.94 bits per heavy atom. The monoisotopic (exact) mass is 458 g/mol. The Labute approximate surface area is 196 Å². The molecule has 2 aromatic carbocycles. The van der Waals surface area contributed by atoms with Crippen LogP contribution in [0, 0.1) is 6.92 Å². The van der Waals surface area contributed by atoms with Crippen molar-refractivity contribution in [2.24, 2.45) is 0 Å². The van der Waals surface area contributed by atoms with E-state index in [4.69, 9.17) is 9.72 Å². The van der Waals surface area contributed by atoms with E-state index >= 15 is 0 Å². The molecule has 1 N–H and O–H groups in total. The van der Waals surface area contributed by atoms with Crippen LogP contribution in [0.2, 0.25) is 0 Å². The maximum absolute atomic E-state index is 12.8. The zero-order valence-electron chi connectivity index (χ0n) is 19.0. The van der Waals surface area contributed by atoms with Gasteiger partial charge in [0, 0.05) is 19.0 Å². The Morgan fingerprint density at radius 1 is 1.15 bits per heavy atom. The molecule has 1 aliphatic heterocycles. The van der Waals surface area contributed by atoms with E-state index in [0.29, 0.717) is 36.9 Å². The molecule has 9 nitrogen and oxygen atoms in total. The third kappa shape index (κ3) is 4.68. The minimum Gasteiger partial charge on any atom is -0.484 e. The molecule has 1 amide bonds. The molecule has 0 spiro atoms. The van der Waals surface area contributed by atoms with Crippen molar-refractivity contribution in [2.45, 2.75) is 32.2 Å². The summed E-state index contributed by atoms with van der Waals surface area (Å²) in [6.07, 6.45) is 1.65. The van der Waals surface area contributed by atoms with E-state index in [-0.39, 0.29) is 29.5 Å². The fraction of sp³-hybridized carbons (Fsp3) is 0.320. The van der Waals surface area contributed by atoms with Gasteiger partial charge in [0.05, 0.1) is 6.54 Å². The van der Waals surface area contributed by atoms with Gasteiger partial charge in [-0.05, 0) is 37.5 Å². The lowest BCUT2D eigenvalue weighted by Gasteiger charge is -2.32. The average molecular weight is 459 g/mol. The predicted molar refractivity (Wildman–Crippen MR) is 127 cm³/mol. The van der Waals surface area contributed by atoms with E-state index in [2.05, 4.69) is 15.3 Å². The number of aryl methyl sites for hydroxylation is 1. The van der Waals surface area contributed by atoms with Crippen LogP contribution >= 0.6 is 0 Å². The van der Waals surface area contributed by atoms with Crippen LogP contribution < -0.4 is 10.3 Å². The molecule has 2 aromatic heterocycles. The number of para-hydroxylation sites is 1. The van der Waals surface area contributed by atoms with Crippen molar-refractivity contribution < 1.29 is 9.53 Å². The molecule has 0 radical (unpaired) electrons. The summed E-state index contributed by atoms with van der Waals surface area (Å²) in [7, 11) is 0. The first-order chi connectivity index (χ1) is 16.6. The summed E-state index contributed by atoms with van der Waals surface area (Å²) in [6.45, 7) is 3.62. The van der Waals surface area contributed by atoms with Gasteiger partial charge in [-0.1, -0.05) is 53.2 Å². The summed E-state index contributed by atoms with van der Waals surface area (Å²) < 4.78 is 7.27. The lowest BCUT2D eigenvalue weighted by atomic mass is 9.97. The number of fused-ring (bicyclic) bond motifs is 1. The Bertz CT molecular complexity index is 1350. The van der Waals surface area contributed by atoms with Gasteiger partial charge in [0.2, 0.25) is 0 Å². The highest BCUT2D eigenvalue weighted by Gasteiger charge is 2.27. The minimum atomic E-state index is -0.314. The van der Waals surface area contributed by atoms with Crippen molar-refractivity contribution in [3.8, 4) is 5.75 Å². The van der Waals surface area contributed by atoms with E-state index < -0.39 is 0 Å². The summed E-state index contributed by atoms with van der Waals surface area (Å²) in [5.74, 6) is 1.07. The SMILES string of the molecule is Cc1ccc(Cn2nnc3c(=O)[nH]c([C@@H]4CCCN(C(=O)COc5ccccc5)C4)nc32)cc1. The van der Waals surface area contributed by atoms with Crippen LogP contribution in [0.1, 0.15) is 35.7 Å². The number of nitrogens with one attached hydrogen (secondary N) is 1. The number of piperidine rings is 1. The largest absolute Gasteiger partial charge is 0.484 e. The first-order valence-corrected chi connectivity index (χ1v) is 11.4. The van der Waals surface area contributed by atoms with Crippen molar-refractivity contribution in [3.63, 3.8) is 0 Å². The van der Waals surface area contributed by atoms with Crippen LogP contribution in [-0.2, 0) is 11.3 Å². The molecule has 174 valence electrons. The van der Waals surface area contributed by atoms with E-state index in [1.54, 1.807) is 9.58 Å². The molecule has 9 heteroatoms. The first-order valence-electron chi connectivity index (χ1n) is 11.4. The standard InChI is InChI=1S/C25H26N6O3/c1-17-9-11-18(12-10-17)14-31-24-22(28-29-31)25(33)27-23(26-24)19-6-5-13-30(15-19)21(32)16-34-20-7-3-2-4-8-20/h2-4,7-12,19H,5-6,13-16H2,1H3,(H,26,27,33)/t19-/m1/s1. The minimum absolute atomic E-state index is 0.0209. The van der Waals surface area contributed by atoms with Crippen molar-refractivity contribution >= 4 is 17.1 Å². The molecule has 3 heterocycles. The van der Waals surface area contributed by atoms with Crippen LogP contribution in [0.3, 0.4) is 0 Å². The quantitative estimate of drug-likeness (QED) is 0.476. The Morgan fingerprint density at radius 3 is 2.74 bits per heavy atom. The number of hydrogen-bond acceptors (Lipinski definition) is 6. The summed E-state index contributed by atoms with van der Waals surface area (Å²) in [5, 5.41) is 8.20. The van der Waals surface area contributed by atoms with Gasteiger partial charge in [-0.25, -0.2) is 9.67 Å². The molecule has 0 bridgehead atoms. The number of carbonyl (C=O) groups is 1. The molecular formula is C25H26N6O3. The molecule has 34 heavy (non-hydrogen) atoms. The summed E-state index contributed by atoms with van der Waals surface area (Å²) in [4.78, 5) is 34.9. The van der Waals surface area contributed by atoms with E-state index in [1.807, 2.05) is 61.5 Å². The van der Waals surface area contributed by atoms with Crippen LogP contribution in [0.4, 0.5) is 0 Å². The number of H-pyrrole nitrogens is 1. The Hall–Kier alpha value is -4.01. The fourth-order valence-corrected chi connectivity index (χ4v) is 4.23. The molecular weight excluding hydrogens is 432 g/mol. The second kappa shape index (κ2) is 9.46. The van der Waals surface area contributed by atoms with Gasteiger partial charge in [0.25, 0.3) is 11.5 Å². The van der Waals surface area contributed by atoms with Crippen molar-refractivity contribution in [1.29, 1.82) is 0 Å². The molecule has 5 rings (SSSR count). The molecule has 0 aliphatic carbocycles. The third-order valence-electron chi connectivity index (χ3n) is 6.11. The molecule has 4 aromatic rings. The second-order valence-electron chi connectivity index (χ2n) is 8.64. The number of amides is 1. The number of hydrogen-bond donors (Lipinski definition) is 1. The van der Waals surface area contributed by atoms with E-state index in [0.717, 1.165) is 18.4 Å². The summed E-state index contributed by atoms with van der Waals surface area (Å²) in [5.41, 5.74) is 2.58. The van der Waals surface area contributed by atoms with Crippen LogP contribution in [0.5, 0.6) is 5.75 Å². The topological polar surface area (TPSA) is 106 Å². The van der Waals surface area contributed by atoms with Crippen molar-refractivity contribution in [3.05, 3.63) is 81.9 Å². The highest BCUT2D eigenvalue weighted by atomic mass is 16.5. The number of nitrogens with zero attached hydrogens (tertiary/aromatic N) is 5. The molecule has 1 fully saturated rings. The maximum atomic E-state index is 12.8. The van der Waals surface area contributed by atoms with Gasteiger partial charge in [0.15, 0.2) is 17.8 Å². The number of benzene rings is 2. The third-order valence-corrected chi connectivity index (χ3v) is 6.11. The molecule has 1 saturated heterocycles. The number of ether oxygens (including phenoxy) is 1. The highest BCUT2D eigenvalue weighted by molar-refractivity contribution is 5.78. The Balaban J connectivity index is 1.33. The smallest absolute Gasteiger partial charge is 0.281 e. The van der Waals surface area contributed by atoms with Gasteiger partial charge < -0.3 is 14.6 Å². The van der Waals surface area contributed by atoms with Crippen LogP contribution in [-0.4, -0.2) is 55.5 Å². The molecule has 0 unspecified atom stereocenters. The van der Waals surface area contributed by atoms with Crippen LogP contribution in [0.25, 0.3) is 11.2 Å². The number of carbonyl (C=O) groups excluding carboxylic acids is 1. The van der Waals surface area contributed by atoms with Gasteiger partial charge >= 0.3 is 0 Å². The number of rotatable bonds is 6. The van der Waals surface area contributed by atoms with Gasteiger partial charge in [-0.15, -0.1) is 5.10 Å². The fourth-order valence-electron chi connectivity index (χ4n) is 4.23. The first kappa shape index (κ1) is 21.8. The highest BCUT2D eigenvalue weighted by Crippen LogP contribution is 2.25. The zero-order chi connectivity index (χ0) is 23.5. The lowest BCUT2D eigenvalue weighted by molar-refractivity contribution is -0.134. The molecule has 1 atom stereocenters. The van der Waals surface area contributed by atoms with Crippen molar-refractivity contribution in [2.75, 3.05) is 19.7 Å². The molecule has 0 saturated carbocycles. The molecule has 1 aliphatic rings.